The minimum Gasteiger partial charge on any atom is -0.373 e. The molecule has 2 aromatic rings. The van der Waals surface area contributed by atoms with Crippen molar-refractivity contribution in [3.05, 3.63) is 59.7 Å². The summed E-state index contributed by atoms with van der Waals surface area (Å²) in [4.78, 5) is 0. The number of benzene rings is 2. The summed E-state index contributed by atoms with van der Waals surface area (Å²) in [5.74, 6) is 0. The molecule has 0 amide bonds. The van der Waals surface area contributed by atoms with Crippen LogP contribution in [0.25, 0.3) is 11.1 Å². The van der Waals surface area contributed by atoms with Crippen LogP contribution in [-0.4, -0.2) is 6.61 Å². The van der Waals surface area contributed by atoms with Gasteiger partial charge in [0.2, 0.25) is 0 Å². The van der Waals surface area contributed by atoms with Gasteiger partial charge in [-0.05, 0) is 28.7 Å². The highest BCUT2D eigenvalue weighted by Gasteiger charge is 2.24. The van der Waals surface area contributed by atoms with E-state index in [1.54, 1.807) is 0 Å². The third kappa shape index (κ3) is 4.03. The maximum absolute atomic E-state index is 6.27. The molecule has 3 rings (SSSR count). The minimum atomic E-state index is 0.219. The van der Waals surface area contributed by atoms with E-state index in [0.717, 1.165) is 13.0 Å². The maximum atomic E-state index is 6.27. The molecule has 1 heteroatoms. The summed E-state index contributed by atoms with van der Waals surface area (Å²) in [7, 11) is 0. The molecule has 2 aromatic carbocycles. The molecule has 1 unspecified atom stereocenters. The first-order valence-electron chi connectivity index (χ1n) is 9.19. The van der Waals surface area contributed by atoms with Gasteiger partial charge >= 0.3 is 0 Å². The van der Waals surface area contributed by atoms with E-state index in [2.05, 4.69) is 55.5 Å². The van der Waals surface area contributed by atoms with Crippen molar-refractivity contribution in [1.29, 1.82) is 0 Å². The molecular formula is C22H28O. The first-order chi connectivity index (χ1) is 11.4. The van der Waals surface area contributed by atoms with Crippen molar-refractivity contribution in [1.82, 2.24) is 0 Å². The van der Waals surface area contributed by atoms with Crippen LogP contribution in [0.4, 0.5) is 0 Å². The lowest BCUT2D eigenvalue weighted by molar-refractivity contribution is 0.0494. The Morgan fingerprint density at radius 1 is 0.826 bits per heavy atom. The van der Waals surface area contributed by atoms with E-state index in [0.29, 0.717) is 0 Å². The second kappa shape index (κ2) is 8.31. The van der Waals surface area contributed by atoms with E-state index in [-0.39, 0.29) is 6.10 Å². The standard InChI is InChI=1S/C22H28O/c1-2-3-4-5-6-11-16-23-22-17-18-12-7-8-13-19(18)20-14-9-10-15-21(20)22/h7-10,12-15,22H,2-6,11,16-17H2,1H3. The summed E-state index contributed by atoms with van der Waals surface area (Å²) < 4.78 is 6.27. The highest BCUT2D eigenvalue weighted by atomic mass is 16.5. The molecule has 1 atom stereocenters. The van der Waals surface area contributed by atoms with E-state index >= 15 is 0 Å². The lowest BCUT2D eigenvalue weighted by atomic mass is 9.84. The molecule has 0 fully saturated rings. The van der Waals surface area contributed by atoms with E-state index in [4.69, 9.17) is 4.74 Å². The van der Waals surface area contributed by atoms with E-state index in [1.807, 2.05) is 0 Å². The Labute approximate surface area is 140 Å². The fourth-order valence-corrected chi connectivity index (χ4v) is 3.55. The third-order valence-electron chi connectivity index (χ3n) is 4.84. The number of hydrogen-bond acceptors (Lipinski definition) is 1. The molecule has 0 saturated carbocycles. The molecular weight excluding hydrogens is 280 g/mol. The number of unbranched alkanes of at least 4 members (excludes halogenated alkanes) is 5. The molecule has 0 heterocycles. The van der Waals surface area contributed by atoms with Crippen molar-refractivity contribution in [2.24, 2.45) is 0 Å². The molecule has 0 N–H and O–H groups in total. The molecule has 1 aliphatic carbocycles. The zero-order valence-corrected chi connectivity index (χ0v) is 14.3. The van der Waals surface area contributed by atoms with E-state index in [9.17, 15) is 0 Å². The van der Waals surface area contributed by atoms with Crippen molar-refractivity contribution in [3.63, 3.8) is 0 Å². The molecule has 0 bridgehead atoms. The van der Waals surface area contributed by atoms with Crippen molar-refractivity contribution in [2.45, 2.75) is 58.0 Å². The van der Waals surface area contributed by atoms with Crippen LogP contribution in [0, 0.1) is 0 Å². The quantitative estimate of drug-likeness (QED) is 0.518. The van der Waals surface area contributed by atoms with Gasteiger partial charge in [-0.1, -0.05) is 87.6 Å². The Bertz CT molecular complexity index is 617. The Morgan fingerprint density at radius 2 is 1.52 bits per heavy atom. The molecule has 0 radical (unpaired) electrons. The lowest BCUT2D eigenvalue weighted by Crippen LogP contribution is -2.15. The normalized spacial score (nSPS) is 16.0. The van der Waals surface area contributed by atoms with Gasteiger partial charge in [-0.2, -0.15) is 0 Å². The summed E-state index contributed by atoms with van der Waals surface area (Å²) in [5, 5.41) is 0. The SMILES string of the molecule is CCCCCCCCOC1Cc2ccccc2-c2ccccc21. The highest BCUT2D eigenvalue weighted by molar-refractivity contribution is 5.73. The Hall–Kier alpha value is -1.60. The monoisotopic (exact) mass is 308 g/mol. The second-order valence-corrected chi connectivity index (χ2v) is 6.58. The van der Waals surface area contributed by atoms with Gasteiger partial charge in [0.15, 0.2) is 0 Å². The van der Waals surface area contributed by atoms with Gasteiger partial charge in [0.1, 0.15) is 0 Å². The Morgan fingerprint density at radius 3 is 2.39 bits per heavy atom. The Balaban J connectivity index is 1.59. The first kappa shape index (κ1) is 16.3. The van der Waals surface area contributed by atoms with Gasteiger partial charge in [0.25, 0.3) is 0 Å². The maximum Gasteiger partial charge on any atom is 0.0871 e. The summed E-state index contributed by atoms with van der Waals surface area (Å²) in [6.07, 6.45) is 9.11. The number of fused-ring (bicyclic) bond motifs is 3. The second-order valence-electron chi connectivity index (χ2n) is 6.58. The topological polar surface area (TPSA) is 9.23 Å². The average molecular weight is 308 g/mol. The molecule has 0 aliphatic heterocycles. The summed E-state index contributed by atoms with van der Waals surface area (Å²) in [6, 6.07) is 17.5. The van der Waals surface area contributed by atoms with Crippen LogP contribution in [0.1, 0.15) is 62.7 Å². The number of ether oxygens (including phenoxy) is 1. The van der Waals surface area contributed by atoms with Crippen molar-refractivity contribution in [3.8, 4) is 11.1 Å². The van der Waals surface area contributed by atoms with Crippen molar-refractivity contribution >= 4 is 0 Å². The predicted octanol–water partition coefficient (Wildman–Crippen LogP) is 6.33. The molecule has 0 spiro atoms. The van der Waals surface area contributed by atoms with Gasteiger partial charge in [-0.25, -0.2) is 0 Å². The largest absolute Gasteiger partial charge is 0.373 e. The van der Waals surface area contributed by atoms with Crippen molar-refractivity contribution < 1.29 is 4.74 Å². The van der Waals surface area contributed by atoms with Gasteiger partial charge in [0.05, 0.1) is 6.10 Å². The molecule has 0 aromatic heterocycles. The zero-order valence-electron chi connectivity index (χ0n) is 14.3. The first-order valence-corrected chi connectivity index (χ1v) is 9.19. The summed E-state index contributed by atoms with van der Waals surface area (Å²) >= 11 is 0. The summed E-state index contributed by atoms with van der Waals surface area (Å²) in [5.41, 5.74) is 5.50. The molecule has 23 heavy (non-hydrogen) atoms. The highest BCUT2D eigenvalue weighted by Crippen LogP contribution is 2.39. The molecule has 1 nitrogen and oxygen atoms in total. The van der Waals surface area contributed by atoms with Crippen LogP contribution >= 0.6 is 0 Å². The molecule has 1 aliphatic rings. The van der Waals surface area contributed by atoms with Gasteiger partial charge < -0.3 is 4.74 Å². The fraction of sp³-hybridized carbons (Fsp3) is 0.455. The molecule has 122 valence electrons. The van der Waals surface area contributed by atoms with Crippen LogP contribution in [0.3, 0.4) is 0 Å². The van der Waals surface area contributed by atoms with E-state index < -0.39 is 0 Å². The van der Waals surface area contributed by atoms with Crippen LogP contribution in [0.2, 0.25) is 0 Å². The van der Waals surface area contributed by atoms with Gasteiger partial charge in [0, 0.05) is 13.0 Å². The third-order valence-corrected chi connectivity index (χ3v) is 4.84. The minimum absolute atomic E-state index is 0.219. The lowest BCUT2D eigenvalue weighted by Gasteiger charge is -2.28. The summed E-state index contributed by atoms with van der Waals surface area (Å²) in [6.45, 7) is 3.15. The predicted molar refractivity (Wildman–Crippen MR) is 97.7 cm³/mol. The number of hydrogen-bond donors (Lipinski definition) is 0. The van der Waals surface area contributed by atoms with Gasteiger partial charge in [-0.15, -0.1) is 0 Å². The van der Waals surface area contributed by atoms with Crippen LogP contribution in [-0.2, 0) is 11.2 Å². The van der Waals surface area contributed by atoms with Crippen LogP contribution in [0.15, 0.2) is 48.5 Å². The number of rotatable bonds is 8. The molecule has 0 saturated heterocycles. The van der Waals surface area contributed by atoms with Crippen molar-refractivity contribution in [2.75, 3.05) is 6.61 Å². The Kier molecular flexibility index (Phi) is 5.87. The smallest absolute Gasteiger partial charge is 0.0871 e. The van der Waals surface area contributed by atoms with Crippen LogP contribution < -0.4 is 0 Å². The van der Waals surface area contributed by atoms with Gasteiger partial charge in [-0.3, -0.25) is 0 Å². The van der Waals surface area contributed by atoms with E-state index in [1.165, 1.54) is 60.8 Å². The zero-order chi connectivity index (χ0) is 15.9. The fourth-order valence-electron chi connectivity index (χ4n) is 3.55. The van der Waals surface area contributed by atoms with Crippen LogP contribution in [0.5, 0.6) is 0 Å². The average Bonchev–Trinajstić information content (AvgIpc) is 2.61.